The van der Waals surface area contributed by atoms with E-state index in [-0.39, 0.29) is 12.6 Å². The number of anilines is 1. The molecule has 0 fully saturated rings. The van der Waals surface area contributed by atoms with Crippen LogP contribution in [0.5, 0.6) is 0 Å². The van der Waals surface area contributed by atoms with Gasteiger partial charge in [0.2, 0.25) is 0 Å². The molecule has 0 unspecified atom stereocenters. The maximum Gasteiger partial charge on any atom is 0.338 e. The number of benzene rings is 1. The van der Waals surface area contributed by atoms with Gasteiger partial charge in [0.05, 0.1) is 37.0 Å². The molecule has 3 heterocycles. The molecule has 2 N–H and O–H groups in total. The van der Waals surface area contributed by atoms with Crippen LogP contribution in [0.1, 0.15) is 40.2 Å². The first-order valence-corrected chi connectivity index (χ1v) is 11.2. The molecule has 0 saturated carbocycles. The average Bonchev–Trinajstić information content (AvgIpc) is 3.41. The van der Waals surface area contributed by atoms with Crippen molar-refractivity contribution < 1.29 is 19.1 Å². The summed E-state index contributed by atoms with van der Waals surface area (Å²) in [5.41, 5.74) is 11.1. The number of ether oxygens (including phenoxy) is 2. The molecule has 182 valence electrons. The van der Waals surface area contributed by atoms with E-state index in [1.54, 1.807) is 18.5 Å². The van der Waals surface area contributed by atoms with Crippen molar-refractivity contribution in [2.75, 3.05) is 19.5 Å². The summed E-state index contributed by atoms with van der Waals surface area (Å²) in [7, 11) is 1.38. The van der Waals surface area contributed by atoms with Crippen molar-refractivity contribution in [1.82, 2.24) is 29.3 Å². The Kier molecular flexibility index (Phi) is 7.04. The van der Waals surface area contributed by atoms with Gasteiger partial charge in [0.1, 0.15) is 11.8 Å². The molecular formula is C24H27N7O4. The van der Waals surface area contributed by atoms with Gasteiger partial charge in [-0.3, -0.25) is 4.79 Å². The third-order valence-electron chi connectivity index (χ3n) is 5.80. The minimum absolute atomic E-state index is 0.252. The van der Waals surface area contributed by atoms with Crippen LogP contribution < -0.4 is 5.73 Å². The highest BCUT2D eigenvalue weighted by atomic mass is 16.5. The number of carbonyl (C=O) groups is 2. The summed E-state index contributed by atoms with van der Waals surface area (Å²) in [4.78, 5) is 36.3. The number of carbonyl (C=O) groups excluding carboxylic acids is 2. The second kappa shape index (κ2) is 10.3. The molecule has 0 radical (unpaired) electrons. The summed E-state index contributed by atoms with van der Waals surface area (Å²) in [6.45, 7) is 4.70. The van der Waals surface area contributed by atoms with Crippen molar-refractivity contribution in [3.8, 4) is 5.69 Å². The molecule has 0 aliphatic rings. The fraction of sp³-hybridized carbons (Fsp3) is 0.333. The highest BCUT2D eigenvalue weighted by Gasteiger charge is 2.15. The minimum Gasteiger partial charge on any atom is -0.469 e. The maximum atomic E-state index is 12.5. The third kappa shape index (κ3) is 5.13. The molecule has 11 nitrogen and oxygen atoms in total. The molecule has 4 rings (SSSR count). The zero-order valence-corrected chi connectivity index (χ0v) is 19.9. The van der Waals surface area contributed by atoms with Gasteiger partial charge in [0, 0.05) is 18.7 Å². The summed E-state index contributed by atoms with van der Waals surface area (Å²) in [6, 6.07) is 7.07. The van der Waals surface area contributed by atoms with E-state index >= 15 is 0 Å². The predicted molar refractivity (Wildman–Crippen MR) is 128 cm³/mol. The highest BCUT2D eigenvalue weighted by molar-refractivity contribution is 5.89. The van der Waals surface area contributed by atoms with Crippen LogP contribution in [0, 0.1) is 13.8 Å². The van der Waals surface area contributed by atoms with E-state index in [9.17, 15) is 9.59 Å². The molecule has 0 saturated heterocycles. The van der Waals surface area contributed by atoms with Gasteiger partial charge in [-0.2, -0.15) is 5.10 Å². The second-order valence-electron chi connectivity index (χ2n) is 8.04. The fourth-order valence-corrected chi connectivity index (χ4v) is 3.90. The first kappa shape index (κ1) is 23.9. The van der Waals surface area contributed by atoms with Crippen LogP contribution >= 0.6 is 0 Å². The largest absolute Gasteiger partial charge is 0.469 e. The van der Waals surface area contributed by atoms with Crippen molar-refractivity contribution in [3.63, 3.8) is 0 Å². The first-order valence-electron chi connectivity index (χ1n) is 11.2. The first-order chi connectivity index (χ1) is 16.9. The summed E-state index contributed by atoms with van der Waals surface area (Å²) < 4.78 is 13.8. The van der Waals surface area contributed by atoms with Crippen LogP contribution in [0.3, 0.4) is 0 Å². The summed E-state index contributed by atoms with van der Waals surface area (Å²) in [5, 5.41) is 4.59. The zero-order valence-electron chi connectivity index (χ0n) is 19.9. The Balaban J connectivity index is 1.33. The number of aryl methyl sites for hydroxylation is 2. The van der Waals surface area contributed by atoms with E-state index in [0.29, 0.717) is 48.4 Å². The molecule has 35 heavy (non-hydrogen) atoms. The SMILES string of the molecule is COC(=O)CCc1c(C)nn(-c2ccc(C(=O)OCCCn3cnc4c(N)ncnc43)cc2)c1C. The standard InChI is InChI=1S/C24H27N7O4/c1-15-19(9-10-20(32)34-3)16(2)31(29-15)18-7-5-17(6-8-18)24(33)35-12-4-11-30-14-28-21-22(25)26-13-27-23(21)30/h5-8,13-14H,4,9-12H2,1-3H3,(H2,25,26,27). The molecule has 0 spiro atoms. The van der Waals surface area contributed by atoms with E-state index < -0.39 is 5.97 Å². The van der Waals surface area contributed by atoms with Gasteiger partial charge in [-0.1, -0.05) is 0 Å². The number of nitrogens with two attached hydrogens (primary N) is 1. The van der Waals surface area contributed by atoms with Crippen molar-refractivity contribution >= 4 is 28.9 Å². The number of hydrogen-bond donors (Lipinski definition) is 1. The van der Waals surface area contributed by atoms with Crippen molar-refractivity contribution in [2.45, 2.75) is 39.7 Å². The number of nitrogen functional groups attached to an aromatic ring is 1. The van der Waals surface area contributed by atoms with Gasteiger partial charge in [-0.05, 0) is 56.5 Å². The number of aromatic nitrogens is 6. The Morgan fingerprint density at radius 2 is 1.86 bits per heavy atom. The number of methoxy groups -OCH3 is 1. The van der Waals surface area contributed by atoms with Crippen LogP contribution in [0.25, 0.3) is 16.9 Å². The van der Waals surface area contributed by atoms with Crippen molar-refractivity contribution in [3.05, 3.63) is 59.4 Å². The smallest absolute Gasteiger partial charge is 0.338 e. The van der Waals surface area contributed by atoms with Crippen molar-refractivity contribution in [2.24, 2.45) is 0 Å². The number of rotatable bonds is 9. The Hall–Kier alpha value is -4.28. The summed E-state index contributed by atoms with van der Waals surface area (Å²) in [5.74, 6) is -0.316. The molecule has 0 aliphatic heterocycles. The van der Waals surface area contributed by atoms with Gasteiger partial charge in [-0.15, -0.1) is 0 Å². The van der Waals surface area contributed by atoms with Gasteiger partial charge >= 0.3 is 11.9 Å². The van der Waals surface area contributed by atoms with Crippen molar-refractivity contribution in [1.29, 1.82) is 0 Å². The Morgan fingerprint density at radius 1 is 1.09 bits per heavy atom. The van der Waals surface area contributed by atoms with E-state index in [0.717, 1.165) is 22.6 Å². The minimum atomic E-state index is -0.397. The van der Waals surface area contributed by atoms with E-state index in [1.807, 2.05) is 35.2 Å². The lowest BCUT2D eigenvalue weighted by molar-refractivity contribution is -0.140. The Morgan fingerprint density at radius 3 is 2.60 bits per heavy atom. The number of fused-ring (bicyclic) bond motifs is 1. The maximum absolute atomic E-state index is 12.5. The molecule has 0 atom stereocenters. The lowest BCUT2D eigenvalue weighted by Gasteiger charge is -2.08. The van der Waals surface area contributed by atoms with Crippen LogP contribution in [-0.4, -0.2) is 55.0 Å². The quantitative estimate of drug-likeness (QED) is 0.284. The Labute approximate surface area is 201 Å². The average molecular weight is 478 g/mol. The van der Waals surface area contributed by atoms with E-state index in [4.69, 9.17) is 15.2 Å². The van der Waals surface area contributed by atoms with Crippen LogP contribution in [0.15, 0.2) is 36.9 Å². The third-order valence-corrected chi connectivity index (χ3v) is 5.80. The predicted octanol–water partition coefficient (Wildman–Crippen LogP) is 2.56. The molecule has 0 aliphatic carbocycles. The highest BCUT2D eigenvalue weighted by Crippen LogP contribution is 2.20. The molecule has 0 bridgehead atoms. The number of hydrogen-bond acceptors (Lipinski definition) is 9. The molecule has 1 aromatic carbocycles. The lowest BCUT2D eigenvalue weighted by Crippen LogP contribution is -2.09. The van der Waals surface area contributed by atoms with Gasteiger partial charge in [0.25, 0.3) is 0 Å². The Bertz CT molecular complexity index is 1360. The monoisotopic (exact) mass is 477 g/mol. The summed E-state index contributed by atoms with van der Waals surface area (Å²) in [6.07, 6.45) is 4.50. The molecule has 11 heteroatoms. The zero-order chi connectivity index (χ0) is 24.9. The van der Waals surface area contributed by atoms with Gasteiger partial charge in [-0.25, -0.2) is 24.4 Å². The van der Waals surface area contributed by atoms with Gasteiger partial charge < -0.3 is 19.8 Å². The second-order valence-corrected chi connectivity index (χ2v) is 8.04. The molecular weight excluding hydrogens is 450 g/mol. The van der Waals surface area contributed by atoms with Crippen LogP contribution in [0.4, 0.5) is 5.82 Å². The van der Waals surface area contributed by atoms with Crippen LogP contribution in [0.2, 0.25) is 0 Å². The summed E-state index contributed by atoms with van der Waals surface area (Å²) >= 11 is 0. The topological polar surface area (TPSA) is 140 Å². The molecule has 4 aromatic rings. The van der Waals surface area contributed by atoms with E-state index in [1.165, 1.54) is 13.4 Å². The number of nitrogens with zero attached hydrogens (tertiary/aromatic N) is 6. The van der Waals surface area contributed by atoms with Gasteiger partial charge in [0.15, 0.2) is 11.5 Å². The van der Waals surface area contributed by atoms with Crippen LogP contribution in [-0.2, 0) is 27.2 Å². The lowest BCUT2D eigenvalue weighted by atomic mass is 10.1. The number of esters is 2. The number of imidazole rings is 1. The van der Waals surface area contributed by atoms with E-state index in [2.05, 4.69) is 20.1 Å². The fourth-order valence-electron chi connectivity index (χ4n) is 3.90. The molecule has 0 amide bonds. The molecule has 3 aromatic heterocycles. The normalized spacial score (nSPS) is 11.1.